The number of halogens is 2. The van der Waals surface area contributed by atoms with Gasteiger partial charge in [-0.1, -0.05) is 22.9 Å². The maximum absolute atomic E-state index is 13.3. The molecule has 1 atom stereocenters. The van der Waals surface area contributed by atoms with Crippen molar-refractivity contribution in [2.24, 2.45) is 5.92 Å². The third kappa shape index (κ3) is 3.81. The van der Waals surface area contributed by atoms with Gasteiger partial charge in [0.1, 0.15) is 5.82 Å². The van der Waals surface area contributed by atoms with Crippen LogP contribution in [0.4, 0.5) is 4.39 Å². The summed E-state index contributed by atoms with van der Waals surface area (Å²) in [6, 6.07) is 3.99. The molecule has 0 saturated heterocycles. The predicted molar refractivity (Wildman–Crippen MR) is 63.2 cm³/mol. The first-order chi connectivity index (χ1) is 7.91. The van der Waals surface area contributed by atoms with E-state index in [1.54, 1.807) is 0 Å². The van der Waals surface area contributed by atoms with E-state index in [-0.39, 0.29) is 12.1 Å². The summed E-state index contributed by atoms with van der Waals surface area (Å²) in [5.41, 5.74) is -0.114. The van der Waals surface area contributed by atoms with Gasteiger partial charge in [-0.25, -0.2) is 4.39 Å². The highest BCUT2D eigenvalue weighted by Crippen LogP contribution is 2.15. The molecule has 0 radical (unpaired) electrons. The van der Waals surface area contributed by atoms with Crippen molar-refractivity contribution in [3.05, 3.63) is 34.1 Å². The fraction of sp³-hybridized carbons (Fsp3) is 0.273. The van der Waals surface area contributed by atoms with Crippen molar-refractivity contribution in [1.82, 2.24) is 5.32 Å². The average molecular weight is 304 g/mol. The Morgan fingerprint density at radius 2 is 2.18 bits per heavy atom. The number of rotatable bonds is 4. The number of carbonyl (C=O) groups excluding carboxylic acids is 1. The SMILES string of the molecule is CC(CNC(=O)c1cc(Br)ccc1F)C(=O)O. The van der Waals surface area contributed by atoms with Crippen molar-refractivity contribution in [2.45, 2.75) is 6.92 Å². The van der Waals surface area contributed by atoms with Gasteiger partial charge in [0.15, 0.2) is 0 Å². The van der Waals surface area contributed by atoms with Gasteiger partial charge in [-0.2, -0.15) is 0 Å². The summed E-state index contributed by atoms with van der Waals surface area (Å²) < 4.78 is 13.9. The third-order valence-electron chi connectivity index (χ3n) is 2.16. The van der Waals surface area contributed by atoms with Crippen molar-refractivity contribution < 1.29 is 19.1 Å². The van der Waals surface area contributed by atoms with Gasteiger partial charge in [-0.3, -0.25) is 9.59 Å². The Morgan fingerprint density at radius 1 is 1.53 bits per heavy atom. The second kappa shape index (κ2) is 5.77. The molecule has 0 aliphatic carbocycles. The first-order valence-corrected chi connectivity index (χ1v) is 5.67. The van der Waals surface area contributed by atoms with Crippen molar-refractivity contribution >= 4 is 27.8 Å². The van der Waals surface area contributed by atoms with Gasteiger partial charge in [0, 0.05) is 11.0 Å². The van der Waals surface area contributed by atoms with Crippen LogP contribution in [0.5, 0.6) is 0 Å². The number of aliphatic carboxylic acids is 1. The van der Waals surface area contributed by atoms with Crippen LogP contribution in [0.3, 0.4) is 0 Å². The molecule has 1 unspecified atom stereocenters. The smallest absolute Gasteiger partial charge is 0.308 e. The standard InChI is InChI=1S/C11H11BrFNO3/c1-6(11(16)17)5-14-10(15)8-4-7(12)2-3-9(8)13/h2-4,6H,5H2,1H3,(H,14,15)(H,16,17). The Morgan fingerprint density at radius 3 is 2.76 bits per heavy atom. The highest BCUT2D eigenvalue weighted by Gasteiger charge is 2.15. The number of amides is 1. The minimum atomic E-state index is -1.01. The van der Waals surface area contributed by atoms with E-state index in [4.69, 9.17) is 5.11 Å². The Labute approximate surface area is 106 Å². The Balaban J connectivity index is 2.70. The minimum absolute atomic E-state index is 0.0415. The zero-order chi connectivity index (χ0) is 13.0. The van der Waals surface area contributed by atoms with Crippen LogP contribution in [0.15, 0.2) is 22.7 Å². The molecular weight excluding hydrogens is 293 g/mol. The van der Waals surface area contributed by atoms with Crippen molar-refractivity contribution in [1.29, 1.82) is 0 Å². The first-order valence-electron chi connectivity index (χ1n) is 4.88. The van der Waals surface area contributed by atoms with Crippen LogP contribution in [-0.4, -0.2) is 23.5 Å². The zero-order valence-electron chi connectivity index (χ0n) is 9.04. The lowest BCUT2D eigenvalue weighted by atomic mass is 10.1. The fourth-order valence-electron chi connectivity index (χ4n) is 1.10. The Hall–Kier alpha value is -1.43. The number of carbonyl (C=O) groups is 2. The number of carboxylic acids is 1. The van der Waals surface area contributed by atoms with Crippen molar-refractivity contribution in [2.75, 3.05) is 6.54 Å². The molecule has 0 aliphatic rings. The van der Waals surface area contributed by atoms with E-state index in [1.807, 2.05) is 0 Å². The Kier molecular flexibility index (Phi) is 4.62. The van der Waals surface area contributed by atoms with Gasteiger partial charge in [-0.05, 0) is 18.2 Å². The molecule has 0 heterocycles. The molecule has 1 aromatic carbocycles. The maximum Gasteiger partial charge on any atom is 0.308 e. The molecule has 6 heteroatoms. The van der Waals surface area contributed by atoms with Crippen LogP contribution in [0.1, 0.15) is 17.3 Å². The van der Waals surface area contributed by atoms with Gasteiger partial charge in [0.05, 0.1) is 11.5 Å². The maximum atomic E-state index is 13.3. The molecule has 17 heavy (non-hydrogen) atoms. The summed E-state index contributed by atoms with van der Waals surface area (Å²) in [6.07, 6.45) is 0. The van der Waals surface area contributed by atoms with Gasteiger partial charge >= 0.3 is 5.97 Å². The van der Waals surface area contributed by atoms with Crippen LogP contribution >= 0.6 is 15.9 Å². The van der Waals surface area contributed by atoms with Gasteiger partial charge < -0.3 is 10.4 Å². The lowest BCUT2D eigenvalue weighted by molar-refractivity contribution is -0.140. The molecule has 0 bridgehead atoms. The summed E-state index contributed by atoms with van der Waals surface area (Å²) >= 11 is 3.13. The molecule has 1 rings (SSSR count). The highest BCUT2D eigenvalue weighted by molar-refractivity contribution is 9.10. The molecule has 0 aromatic heterocycles. The topological polar surface area (TPSA) is 66.4 Å². The van der Waals surface area contributed by atoms with Crippen molar-refractivity contribution in [3.63, 3.8) is 0 Å². The summed E-state index contributed by atoms with van der Waals surface area (Å²) in [7, 11) is 0. The summed E-state index contributed by atoms with van der Waals surface area (Å²) in [5.74, 6) is -3.00. The zero-order valence-corrected chi connectivity index (χ0v) is 10.6. The summed E-state index contributed by atoms with van der Waals surface area (Å²) in [4.78, 5) is 22.1. The lowest BCUT2D eigenvalue weighted by Gasteiger charge is -2.09. The molecule has 2 N–H and O–H groups in total. The first kappa shape index (κ1) is 13.6. The van der Waals surface area contributed by atoms with Gasteiger partial charge in [0.25, 0.3) is 5.91 Å². The molecule has 1 amide bonds. The van der Waals surface area contributed by atoms with E-state index < -0.39 is 23.6 Å². The molecule has 0 fully saturated rings. The number of benzene rings is 1. The van der Waals surface area contributed by atoms with Crippen LogP contribution in [-0.2, 0) is 4.79 Å². The molecule has 0 saturated carbocycles. The van der Waals surface area contributed by atoms with E-state index in [1.165, 1.54) is 25.1 Å². The third-order valence-corrected chi connectivity index (χ3v) is 2.66. The Bertz CT molecular complexity index is 450. The van der Waals surface area contributed by atoms with E-state index in [9.17, 15) is 14.0 Å². The van der Waals surface area contributed by atoms with E-state index in [2.05, 4.69) is 21.2 Å². The molecule has 92 valence electrons. The van der Waals surface area contributed by atoms with E-state index in [0.29, 0.717) is 4.47 Å². The van der Waals surface area contributed by atoms with Gasteiger partial charge in [0.2, 0.25) is 0 Å². The fourth-order valence-corrected chi connectivity index (χ4v) is 1.46. The number of nitrogens with one attached hydrogen (secondary N) is 1. The lowest BCUT2D eigenvalue weighted by Crippen LogP contribution is -2.31. The average Bonchev–Trinajstić information content (AvgIpc) is 2.28. The second-order valence-corrected chi connectivity index (χ2v) is 4.49. The number of hydrogen-bond donors (Lipinski definition) is 2. The van der Waals surface area contributed by atoms with E-state index >= 15 is 0 Å². The largest absolute Gasteiger partial charge is 0.481 e. The molecule has 4 nitrogen and oxygen atoms in total. The molecular formula is C11H11BrFNO3. The second-order valence-electron chi connectivity index (χ2n) is 3.57. The molecule has 0 spiro atoms. The predicted octanol–water partition coefficient (Wildman–Crippen LogP) is 2.04. The molecule has 0 aliphatic heterocycles. The van der Waals surface area contributed by atoms with Crippen LogP contribution in [0.25, 0.3) is 0 Å². The van der Waals surface area contributed by atoms with E-state index in [0.717, 1.165) is 0 Å². The molecule has 1 aromatic rings. The minimum Gasteiger partial charge on any atom is -0.481 e. The van der Waals surface area contributed by atoms with Crippen LogP contribution in [0.2, 0.25) is 0 Å². The summed E-state index contributed by atoms with van der Waals surface area (Å²) in [5, 5.41) is 11.0. The quantitative estimate of drug-likeness (QED) is 0.894. The van der Waals surface area contributed by atoms with Crippen LogP contribution in [0, 0.1) is 11.7 Å². The van der Waals surface area contributed by atoms with Crippen molar-refractivity contribution in [3.8, 4) is 0 Å². The summed E-state index contributed by atoms with van der Waals surface area (Å²) in [6.45, 7) is 1.42. The van der Waals surface area contributed by atoms with Crippen LogP contribution < -0.4 is 5.32 Å². The highest BCUT2D eigenvalue weighted by atomic mass is 79.9. The monoisotopic (exact) mass is 303 g/mol. The number of carboxylic acid groups (broad SMARTS) is 1. The van der Waals surface area contributed by atoms with Gasteiger partial charge in [-0.15, -0.1) is 0 Å². The number of hydrogen-bond acceptors (Lipinski definition) is 2. The normalized spacial score (nSPS) is 11.9.